The second-order valence-electron chi connectivity index (χ2n) is 4.12. The van der Waals surface area contributed by atoms with Gasteiger partial charge in [-0.2, -0.15) is 5.10 Å². The van der Waals surface area contributed by atoms with Gasteiger partial charge in [-0.1, -0.05) is 17.4 Å². The maximum Gasteiger partial charge on any atom is 0.207 e. The summed E-state index contributed by atoms with van der Waals surface area (Å²) in [4.78, 5) is 2.16. The van der Waals surface area contributed by atoms with Gasteiger partial charge < -0.3 is 16.0 Å². The van der Waals surface area contributed by atoms with Gasteiger partial charge in [0.05, 0.1) is 0 Å². The van der Waals surface area contributed by atoms with Crippen molar-refractivity contribution in [2.45, 2.75) is 19.4 Å². The summed E-state index contributed by atoms with van der Waals surface area (Å²) in [6.45, 7) is 7.12. The molecule has 0 radical (unpaired) electrons. The Morgan fingerprint density at radius 2 is 2.47 bits per heavy atom. The SMILES string of the molecule is C=N/N=C(\C=C/C)N1CC[C@@H](Nc2nnc(N)s2)C1. The van der Waals surface area contributed by atoms with Crippen molar-refractivity contribution in [2.75, 3.05) is 24.1 Å². The molecular formula is C11H17N7S. The van der Waals surface area contributed by atoms with Crippen LogP contribution < -0.4 is 11.1 Å². The Labute approximate surface area is 115 Å². The molecule has 0 amide bonds. The molecular weight excluding hydrogens is 262 g/mol. The Hall–Kier alpha value is -1.96. The van der Waals surface area contributed by atoms with E-state index < -0.39 is 0 Å². The summed E-state index contributed by atoms with van der Waals surface area (Å²) in [5.74, 6) is 0.832. The standard InChI is InChI=1S/C11H17N7S/c1-3-4-9(15-13-2)18-6-5-8(7-18)14-11-17-16-10(12)19-11/h3-4,8H,2,5-7H2,1H3,(H2,12,16)(H,14,17)/b4-3-,15-9+/t8-/m1/s1. The molecule has 0 spiro atoms. The van der Waals surface area contributed by atoms with E-state index >= 15 is 0 Å². The van der Waals surface area contributed by atoms with Crippen LogP contribution in [0.2, 0.25) is 0 Å². The van der Waals surface area contributed by atoms with Crippen LogP contribution >= 0.6 is 11.3 Å². The van der Waals surface area contributed by atoms with Crippen LogP contribution in [-0.2, 0) is 0 Å². The van der Waals surface area contributed by atoms with Crippen LogP contribution in [0.4, 0.5) is 10.3 Å². The molecule has 102 valence electrons. The van der Waals surface area contributed by atoms with Gasteiger partial charge in [0.15, 0.2) is 5.84 Å². The molecule has 7 nitrogen and oxygen atoms in total. The van der Waals surface area contributed by atoms with Crippen molar-refractivity contribution in [3.8, 4) is 0 Å². The Balaban J connectivity index is 1.95. The largest absolute Gasteiger partial charge is 0.374 e. The van der Waals surface area contributed by atoms with Crippen molar-refractivity contribution in [3.63, 3.8) is 0 Å². The zero-order valence-electron chi connectivity index (χ0n) is 10.8. The maximum atomic E-state index is 5.55. The molecule has 0 saturated carbocycles. The fourth-order valence-electron chi connectivity index (χ4n) is 1.98. The van der Waals surface area contributed by atoms with Crippen molar-refractivity contribution in [1.29, 1.82) is 0 Å². The summed E-state index contributed by atoms with van der Waals surface area (Å²) >= 11 is 1.36. The second-order valence-corrected chi connectivity index (χ2v) is 5.13. The third-order valence-electron chi connectivity index (χ3n) is 2.77. The zero-order chi connectivity index (χ0) is 13.7. The fourth-order valence-corrected chi connectivity index (χ4v) is 2.56. The van der Waals surface area contributed by atoms with Crippen molar-refractivity contribution >= 4 is 34.2 Å². The normalized spacial score (nSPS) is 20.2. The first-order valence-corrected chi connectivity index (χ1v) is 6.81. The lowest BCUT2D eigenvalue weighted by molar-refractivity contribution is 0.514. The van der Waals surface area contributed by atoms with Crippen LogP contribution in [0.25, 0.3) is 0 Å². The smallest absolute Gasteiger partial charge is 0.207 e. The Morgan fingerprint density at radius 1 is 1.63 bits per heavy atom. The number of aromatic nitrogens is 2. The molecule has 0 aromatic carbocycles. The van der Waals surface area contributed by atoms with E-state index in [1.54, 1.807) is 0 Å². The van der Waals surface area contributed by atoms with Crippen LogP contribution in [0.1, 0.15) is 13.3 Å². The van der Waals surface area contributed by atoms with E-state index in [1.165, 1.54) is 11.3 Å². The molecule has 8 heteroatoms. The number of allylic oxidation sites excluding steroid dienone is 1. The lowest BCUT2D eigenvalue weighted by atomic mass is 10.3. The van der Waals surface area contributed by atoms with E-state index in [-0.39, 0.29) is 0 Å². The third kappa shape index (κ3) is 3.50. The summed E-state index contributed by atoms with van der Waals surface area (Å²) < 4.78 is 0. The highest BCUT2D eigenvalue weighted by Crippen LogP contribution is 2.21. The molecule has 1 aromatic heterocycles. The van der Waals surface area contributed by atoms with Crippen LogP contribution in [0.5, 0.6) is 0 Å². The lowest BCUT2D eigenvalue weighted by Gasteiger charge is -2.17. The van der Waals surface area contributed by atoms with E-state index in [1.807, 2.05) is 19.1 Å². The summed E-state index contributed by atoms with van der Waals surface area (Å²) in [6.07, 6.45) is 4.88. The van der Waals surface area contributed by atoms with Crippen LogP contribution in [0.15, 0.2) is 22.4 Å². The molecule has 1 aliphatic heterocycles. The van der Waals surface area contributed by atoms with Crippen molar-refractivity contribution < 1.29 is 0 Å². The highest BCUT2D eigenvalue weighted by molar-refractivity contribution is 7.18. The molecule has 0 unspecified atom stereocenters. The molecule has 19 heavy (non-hydrogen) atoms. The number of hydrogen-bond donors (Lipinski definition) is 2. The molecule has 1 aliphatic rings. The average molecular weight is 279 g/mol. The minimum atomic E-state index is 0.313. The number of likely N-dealkylation sites (tertiary alicyclic amines) is 1. The maximum absolute atomic E-state index is 5.55. The topological polar surface area (TPSA) is 91.8 Å². The molecule has 0 bridgehead atoms. The predicted octanol–water partition coefficient (Wildman–Crippen LogP) is 1.20. The van der Waals surface area contributed by atoms with Crippen LogP contribution in [-0.4, -0.2) is 46.8 Å². The van der Waals surface area contributed by atoms with Gasteiger partial charge in [0.2, 0.25) is 10.3 Å². The predicted molar refractivity (Wildman–Crippen MR) is 79.7 cm³/mol. The van der Waals surface area contributed by atoms with E-state index in [9.17, 15) is 0 Å². The minimum absolute atomic E-state index is 0.313. The van der Waals surface area contributed by atoms with Gasteiger partial charge in [-0.3, -0.25) is 0 Å². The Kier molecular flexibility index (Phi) is 4.45. The first-order valence-electron chi connectivity index (χ1n) is 5.99. The van der Waals surface area contributed by atoms with E-state index in [0.29, 0.717) is 11.2 Å². The van der Waals surface area contributed by atoms with Gasteiger partial charge in [-0.05, 0) is 19.4 Å². The van der Waals surface area contributed by atoms with Crippen LogP contribution in [0.3, 0.4) is 0 Å². The Morgan fingerprint density at radius 3 is 3.11 bits per heavy atom. The number of rotatable bonds is 4. The van der Waals surface area contributed by atoms with E-state index in [0.717, 1.165) is 30.5 Å². The van der Waals surface area contributed by atoms with Crippen LogP contribution in [0, 0.1) is 0 Å². The first-order chi connectivity index (χ1) is 9.22. The van der Waals surface area contributed by atoms with E-state index in [2.05, 4.69) is 37.3 Å². The van der Waals surface area contributed by atoms with Gasteiger partial charge in [0, 0.05) is 25.8 Å². The van der Waals surface area contributed by atoms with Gasteiger partial charge in [-0.15, -0.1) is 15.3 Å². The summed E-state index contributed by atoms with van der Waals surface area (Å²) in [5, 5.41) is 19.9. The number of nitrogen functional groups attached to an aromatic ring is 1. The number of nitrogens with zero attached hydrogens (tertiary/aromatic N) is 5. The first kappa shape index (κ1) is 13.5. The monoisotopic (exact) mass is 279 g/mol. The average Bonchev–Trinajstić information content (AvgIpc) is 2.99. The molecule has 2 heterocycles. The number of nitrogens with two attached hydrogens (primary N) is 1. The number of nitrogens with one attached hydrogen (secondary N) is 1. The molecule has 1 fully saturated rings. The highest BCUT2D eigenvalue weighted by atomic mass is 32.1. The minimum Gasteiger partial charge on any atom is -0.374 e. The molecule has 3 N–H and O–H groups in total. The highest BCUT2D eigenvalue weighted by Gasteiger charge is 2.24. The van der Waals surface area contributed by atoms with Gasteiger partial charge in [-0.25, -0.2) is 0 Å². The number of hydrogen-bond acceptors (Lipinski definition) is 7. The van der Waals surface area contributed by atoms with Gasteiger partial charge in [0.1, 0.15) is 0 Å². The van der Waals surface area contributed by atoms with Crippen molar-refractivity contribution in [1.82, 2.24) is 15.1 Å². The molecule has 2 rings (SSSR count). The summed E-state index contributed by atoms with van der Waals surface area (Å²) in [5.41, 5.74) is 5.55. The fraction of sp³-hybridized carbons (Fsp3) is 0.455. The number of amidine groups is 1. The summed E-state index contributed by atoms with van der Waals surface area (Å²) in [6, 6.07) is 0.313. The Bertz CT molecular complexity index is 493. The quantitative estimate of drug-likeness (QED) is 0.491. The second kappa shape index (κ2) is 6.28. The molecule has 1 saturated heterocycles. The summed E-state index contributed by atoms with van der Waals surface area (Å²) in [7, 11) is 0. The third-order valence-corrected chi connectivity index (χ3v) is 3.45. The number of anilines is 2. The molecule has 1 atom stereocenters. The van der Waals surface area contributed by atoms with E-state index in [4.69, 9.17) is 5.73 Å². The zero-order valence-corrected chi connectivity index (χ0v) is 11.6. The van der Waals surface area contributed by atoms with Gasteiger partial charge >= 0.3 is 0 Å². The molecule has 0 aliphatic carbocycles. The van der Waals surface area contributed by atoms with Crippen molar-refractivity contribution in [3.05, 3.63) is 12.2 Å². The van der Waals surface area contributed by atoms with Gasteiger partial charge in [0.25, 0.3) is 0 Å². The van der Waals surface area contributed by atoms with Crippen molar-refractivity contribution in [2.24, 2.45) is 10.2 Å². The lowest BCUT2D eigenvalue weighted by Crippen LogP contribution is -2.30. The molecule has 1 aromatic rings.